The van der Waals surface area contributed by atoms with Crippen molar-refractivity contribution in [3.8, 4) is 11.4 Å². The Labute approximate surface area is 172 Å². The standard InChI is InChI=1S/C24H29N3O2/c1-17(2)21-6-5-7-23(15-21)29-16-24(28)25-13-12-20-8-10-22(11-9-20)27-19(4)14-18(3)26-27/h5-11,14-15,17H,12-13,16H2,1-4H3,(H,25,28). The van der Waals surface area contributed by atoms with Gasteiger partial charge in [-0.2, -0.15) is 5.10 Å². The number of hydrogen-bond acceptors (Lipinski definition) is 3. The lowest BCUT2D eigenvalue weighted by molar-refractivity contribution is -0.123. The third-order valence-electron chi connectivity index (χ3n) is 4.82. The Kier molecular flexibility index (Phi) is 6.70. The molecule has 0 spiro atoms. The summed E-state index contributed by atoms with van der Waals surface area (Å²) in [4.78, 5) is 12.1. The Morgan fingerprint density at radius 3 is 2.52 bits per heavy atom. The van der Waals surface area contributed by atoms with Crippen LogP contribution >= 0.6 is 0 Å². The van der Waals surface area contributed by atoms with Crippen molar-refractivity contribution in [3.05, 3.63) is 77.1 Å². The number of aromatic nitrogens is 2. The number of carbonyl (C=O) groups is 1. The van der Waals surface area contributed by atoms with Crippen LogP contribution in [-0.4, -0.2) is 28.8 Å². The number of hydrogen-bond donors (Lipinski definition) is 1. The SMILES string of the molecule is Cc1cc(C)n(-c2ccc(CCNC(=O)COc3cccc(C(C)C)c3)cc2)n1. The number of rotatable bonds is 8. The lowest BCUT2D eigenvalue weighted by Gasteiger charge is -2.10. The van der Waals surface area contributed by atoms with Crippen LogP contribution in [0.5, 0.6) is 5.75 Å². The first-order valence-electron chi connectivity index (χ1n) is 10.0. The largest absolute Gasteiger partial charge is 0.484 e. The molecular weight excluding hydrogens is 362 g/mol. The first-order valence-corrected chi connectivity index (χ1v) is 10.0. The minimum atomic E-state index is -0.112. The minimum absolute atomic E-state index is 0.0262. The molecule has 3 rings (SSSR count). The van der Waals surface area contributed by atoms with Gasteiger partial charge in [-0.3, -0.25) is 4.79 Å². The van der Waals surface area contributed by atoms with Crippen LogP contribution < -0.4 is 10.1 Å². The first-order chi connectivity index (χ1) is 13.9. The molecule has 0 bridgehead atoms. The predicted octanol–water partition coefficient (Wildman–Crippen LogP) is 4.35. The van der Waals surface area contributed by atoms with Gasteiger partial charge in [-0.1, -0.05) is 38.1 Å². The molecule has 0 atom stereocenters. The van der Waals surface area contributed by atoms with Crippen molar-refractivity contribution in [1.82, 2.24) is 15.1 Å². The molecule has 0 saturated heterocycles. The molecule has 0 aliphatic heterocycles. The zero-order valence-electron chi connectivity index (χ0n) is 17.6. The summed E-state index contributed by atoms with van der Waals surface area (Å²) in [7, 11) is 0. The highest BCUT2D eigenvalue weighted by molar-refractivity contribution is 5.77. The van der Waals surface area contributed by atoms with Crippen molar-refractivity contribution in [2.75, 3.05) is 13.2 Å². The molecule has 5 heteroatoms. The van der Waals surface area contributed by atoms with Gasteiger partial charge in [-0.15, -0.1) is 0 Å². The second kappa shape index (κ2) is 9.41. The van der Waals surface area contributed by atoms with E-state index in [1.165, 1.54) is 11.1 Å². The van der Waals surface area contributed by atoms with Gasteiger partial charge in [0.25, 0.3) is 5.91 Å². The molecule has 0 fully saturated rings. The van der Waals surface area contributed by atoms with Crippen LogP contribution in [0.25, 0.3) is 5.69 Å². The molecule has 29 heavy (non-hydrogen) atoms. The fourth-order valence-electron chi connectivity index (χ4n) is 3.20. The number of carbonyl (C=O) groups excluding carboxylic acids is 1. The lowest BCUT2D eigenvalue weighted by Crippen LogP contribution is -2.30. The number of nitrogens with zero attached hydrogens (tertiary/aromatic N) is 2. The van der Waals surface area contributed by atoms with Crippen molar-refractivity contribution >= 4 is 5.91 Å². The molecule has 1 heterocycles. The van der Waals surface area contributed by atoms with Gasteiger partial charge >= 0.3 is 0 Å². The van der Waals surface area contributed by atoms with Gasteiger partial charge in [-0.05, 0) is 67.6 Å². The van der Waals surface area contributed by atoms with Gasteiger partial charge in [0.15, 0.2) is 6.61 Å². The molecule has 1 amide bonds. The molecule has 0 aliphatic carbocycles. The smallest absolute Gasteiger partial charge is 0.257 e. The van der Waals surface area contributed by atoms with Gasteiger partial charge in [0.2, 0.25) is 0 Å². The molecule has 5 nitrogen and oxygen atoms in total. The van der Waals surface area contributed by atoms with Crippen molar-refractivity contribution in [3.63, 3.8) is 0 Å². The summed E-state index contributed by atoms with van der Waals surface area (Å²) in [5.41, 5.74) is 5.53. The average molecular weight is 392 g/mol. The van der Waals surface area contributed by atoms with Crippen LogP contribution in [0.3, 0.4) is 0 Å². The molecule has 152 valence electrons. The zero-order valence-corrected chi connectivity index (χ0v) is 17.6. The Bertz CT molecular complexity index is 959. The van der Waals surface area contributed by atoms with E-state index in [0.717, 1.165) is 29.2 Å². The van der Waals surface area contributed by atoms with Crippen molar-refractivity contribution < 1.29 is 9.53 Å². The second-order valence-corrected chi connectivity index (χ2v) is 7.62. The summed E-state index contributed by atoms with van der Waals surface area (Å²) in [6, 6.07) is 18.2. The molecule has 0 unspecified atom stereocenters. The highest BCUT2D eigenvalue weighted by Crippen LogP contribution is 2.20. The maximum absolute atomic E-state index is 12.1. The Hall–Kier alpha value is -3.08. The third-order valence-corrected chi connectivity index (χ3v) is 4.82. The fourth-order valence-corrected chi connectivity index (χ4v) is 3.20. The number of aryl methyl sites for hydroxylation is 2. The van der Waals surface area contributed by atoms with Crippen LogP contribution in [0.4, 0.5) is 0 Å². The van der Waals surface area contributed by atoms with Crippen molar-refractivity contribution in [2.45, 2.75) is 40.0 Å². The summed E-state index contributed by atoms with van der Waals surface area (Å²) in [6.07, 6.45) is 0.770. The van der Waals surface area contributed by atoms with Crippen LogP contribution in [0.1, 0.15) is 42.3 Å². The van der Waals surface area contributed by atoms with E-state index in [4.69, 9.17) is 4.74 Å². The summed E-state index contributed by atoms with van der Waals surface area (Å²) >= 11 is 0. The molecule has 0 aliphatic rings. The highest BCUT2D eigenvalue weighted by atomic mass is 16.5. The van der Waals surface area contributed by atoms with E-state index in [0.29, 0.717) is 12.5 Å². The van der Waals surface area contributed by atoms with Gasteiger partial charge < -0.3 is 10.1 Å². The number of amides is 1. The van der Waals surface area contributed by atoms with Crippen molar-refractivity contribution in [2.24, 2.45) is 0 Å². The quantitative estimate of drug-likeness (QED) is 0.621. The molecule has 3 aromatic rings. The maximum Gasteiger partial charge on any atom is 0.257 e. The molecule has 2 aromatic carbocycles. The molecular formula is C24H29N3O2. The number of ether oxygens (including phenoxy) is 1. The summed E-state index contributed by atoms with van der Waals surface area (Å²) in [5.74, 6) is 1.05. The third kappa shape index (κ3) is 5.70. The van der Waals surface area contributed by atoms with Gasteiger partial charge in [-0.25, -0.2) is 4.68 Å². The van der Waals surface area contributed by atoms with Crippen LogP contribution in [0.15, 0.2) is 54.6 Å². The fraction of sp³-hybridized carbons (Fsp3) is 0.333. The van der Waals surface area contributed by atoms with E-state index < -0.39 is 0 Å². The van der Waals surface area contributed by atoms with Crippen LogP contribution in [-0.2, 0) is 11.2 Å². The molecule has 1 N–H and O–H groups in total. The van der Waals surface area contributed by atoms with E-state index in [9.17, 15) is 4.79 Å². The Balaban J connectivity index is 1.44. The monoisotopic (exact) mass is 391 g/mol. The Morgan fingerprint density at radius 2 is 1.86 bits per heavy atom. The number of nitrogens with one attached hydrogen (secondary N) is 1. The number of benzene rings is 2. The highest BCUT2D eigenvalue weighted by Gasteiger charge is 2.06. The summed E-state index contributed by atoms with van der Waals surface area (Å²) < 4.78 is 7.55. The topological polar surface area (TPSA) is 56.2 Å². The average Bonchev–Trinajstić information content (AvgIpc) is 3.05. The molecule has 0 saturated carbocycles. The summed E-state index contributed by atoms with van der Waals surface area (Å²) in [5, 5.41) is 7.42. The molecule has 1 aromatic heterocycles. The first kappa shape index (κ1) is 20.6. The Morgan fingerprint density at radius 1 is 1.10 bits per heavy atom. The minimum Gasteiger partial charge on any atom is -0.484 e. The maximum atomic E-state index is 12.1. The van der Waals surface area contributed by atoms with E-state index >= 15 is 0 Å². The van der Waals surface area contributed by atoms with E-state index in [1.807, 2.05) is 36.7 Å². The van der Waals surface area contributed by atoms with E-state index in [2.05, 4.69) is 60.7 Å². The van der Waals surface area contributed by atoms with E-state index in [-0.39, 0.29) is 12.5 Å². The second-order valence-electron chi connectivity index (χ2n) is 7.62. The van der Waals surface area contributed by atoms with Gasteiger partial charge in [0.05, 0.1) is 11.4 Å². The van der Waals surface area contributed by atoms with Crippen molar-refractivity contribution in [1.29, 1.82) is 0 Å². The normalized spacial score (nSPS) is 10.9. The lowest BCUT2D eigenvalue weighted by atomic mass is 10.0. The van der Waals surface area contributed by atoms with Gasteiger partial charge in [0.1, 0.15) is 5.75 Å². The molecule has 0 radical (unpaired) electrons. The predicted molar refractivity (Wildman–Crippen MR) is 116 cm³/mol. The van der Waals surface area contributed by atoms with Crippen LogP contribution in [0.2, 0.25) is 0 Å². The summed E-state index contributed by atoms with van der Waals surface area (Å²) in [6.45, 7) is 8.91. The van der Waals surface area contributed by atoms with E-state index in [1.54, 1.807) is 0 Å². The van der Waals surface area contributed by atoms with Gasteiger partial charge in [0, 0.05) is 12.2 Å². The van der Waals surface area contributed by atoms with Crippen LogP contribution in [0, 0.1) is 13.8 Å². The zero-order chi connectivity index (χ0) is 20.8.